The van der Waals surface area contributed by atoms with E-state index in [0.717, 1.165) is 18.4 Å². The highest BCUT2D eigenvalue weighted by Gasteiger charge is 2.32. The molecule has 4 heteroatoms. The fourth-order valence-corrected chi connectivity index (χ4v) is 2.21. The largest absolute Gasteiger partial charge is 0.391 e. The maximum atomic E-state index is 12.3. The Morgan fingerprint density at radius 1 is 1.42 bits per heavy atom. The van der Waals surface area contributed by atoms with Crippen molar-refractivity contribution in [3.63, 3.8) is 0 Å². The van der Waals surface area contributed by atoms with Gasteiger partial charge in [0.2, 0.25) is 0 Å². The van der Waals surface area contributed by atoms with Crippen LogP contribution in [0.3, 0.4) is 0 Å². The van der Waals surface area contributed by atoms with Crippen LogP contribution in [0.4, 0.5) is 0 Å². The Balaban J connectivity index is 1.99. The monoisotopic (exact) mass is 263 g/mol. The lowest BCUT2D eigenvalue weighted by Gasteiger charge is -2.25. The molecular formula is C15H21NO3. The zero-order valence-electron chi connectivity index (χ0n) is 11.5. The van der Waals surface area contributed by atoms with E-state index < -0.39 is 12.2 Å². The van der Waals surface area contributed by atoms with Crippen molar-refractivity contribution in [2.45, 2.75) is 25.0 Å². The van der Waals surface area contributed by atoms with E-state index in [1.165, 1.54) is 7.11 Å². The van der Waals surface area contributed by atoms with E-state index in [2.05, 4.69) is 0 Å². The number of carbonyl (C=O) groups is 1. The van der Waals surface area contributed by atoms with Crippen LogP contribution < -0.4 is 0 Å². The number of likely N-dealkylation sites (N-methyl/N-ethyl adjacent to an activating group) is 1. The van der Waals surface area contributed by atoms with Crippen molar-refractivity contribution in [1.29, 1.82) is 0 Å². The third-order valence-corrected chi connectivity index (χ3v) is 3.57. The third kappa shape index (κ3) is 3.55. The van der Waals surface area contributed by atoms with E-state index in [4.69, 9.17) is 4.74 Å². The van der Waals surface area contributed by atoms with Crippen LogP contribution in [0, 0.1) is 5.92 Å². The Bertz CT molecular complexity index is 417. The van der Waals surface area contributed by atoms with E-state index in [1.807, 2.05) is 30.3 Å². The van der Waals surface area contributed by atoms with Crippen LogP contribution in [0.2, 0.25) is 0 Å². The molecule has 1 amide bonds. The number of carbonyl (C=O) groups excluding carboxylic acids is 1. The van der Waals surface area contributed by atoms with Crippen LogP contribution in [0.1, 0.15) is 24.5 Å². The molecule has 0 heterocycles. The van der Waals surface area contributed by atoms with Crippen molar-refractivity contribution in [3.8, 4) is 0 Å². The fourth-order valence-electron chi connectivity index (χ4n) is 2.21. The minimum absolute atomic E-state index is 0.117. The Hall–Kier alpha value is -1.39. The van der Waals surface area contributed by atoms with Gasteiger partial charge in [-0.2, -0.15) is 0 Å². The molecule has 104 valence electrons. The summed E-state index contributed by atoms with van der Waals surface area (Å²) in [4.78, 5) is 13.9. The molecule has 1 aromatic carbocycles. The summed E-state index contributed by atoms with van der Waals surface area (Å²) in [6.45, 7) is 0.371. The summed E-state index contributed by atoms with van der Waals surface area (Å²) >= 11 is 0. The summed E-state index contributed by atoms with van der Waals surface area (Å²) in [5.74, 6) is 0.251. The number of rotatable bonds is 6. The standard InChI is InChI=1S/C15H21NO3/c1-16(10-13(17)11-8-9-11)15(18)14(19-2)12-6-4-3-5-7-12/h3-7,11,13-14,17H,8-10H2,1-2H3. The SMILES string of the molecule is COC(C(=O)N(C)CC(O)C1CC1)c1ccccc1. The number of ether oxygens (including phenoxy) is 1. The molecule has 2 unspecified atom stereocenters. The third-order valence-electron chi connectivity index (χ3n) is 3.57. The fraction of sp³-hybridized carbons (Fsp3) is 0.533. The number of hydrogen-bond donors (Lipinski definition) is 1. The number of methoxy groups -OCH3 is 1. The van der Waals surface area contributed by atoms with E-state index in [9.17, 15) is 9.90 Å². The van der Waals surface area contributed by atoms with Gasteiger partial charge in [0.25, 0.3) is 5.91 Å². The van der Waals surface area contributed by atoms with Crippen molar-refractivity contribution < 1.29 is 14.6 Å². The summed E-state index contributed by atoms with van der Waals surface area (Å²) in [6, 6.07) is 9.41. The van der Waals surface area contributed by atoms with Crippen LogP contribution in [-0.2, 0) is 9.53 Å². The average molecular weight is 263 g/mol. The summed E-state index contributed by atoms with van der Waals surface area (Å²) in [5, 5.41) is 9.90. The van der Waals surface area contributed by atoms with Gasteiger partial charge in [0.05, 0.1) is 6.10 Å². The first-order valence-corrected chi connectivity index (χ1v) is 6.64. The smallest absolute Gasteiger partial charge is 0.256 e. The van der Waals surface area contributed by atoms with Gasteiger partial charge in [-0.15, -0.1) is 0 Å². The highest BCUT2D eigenvalue weighted by atomic mass is 16.5. The van der Waals surface area contributed by atoms with Crippen molar-refractivity contribution in [2.24, 2.45) is 5.92 Å². The molecule has 2 rings (SSSR count). The van der Waals surface area contributed by atoms with E-state index in [-0.39, 0.29) is 5.91 Å². The first-order valence-electron chi connectivity index (χ1n) is 6.64. The van der Waals surface area contributed by atoms with Crippen molar-refractivity contribution >= 4 is 5.91 Å². The molecule has 1 N–H and O–H groups in total. The number of nitrogens with zero attached hydrogens (tertiary/aromatic N) is 1. The minimum Gasteiger partial charge on any atom is -0.391 e. The van der Waals surface area contributed by atoms with Crippen LogP contribution in [0.5, 0.6) is 0 Å². The molecule has 0 aromatic heterocycles. The summed E-state index contributed by atoms with van der Waals surface area (Å²) in [7, 11) is 3.24. The van der Waals surface area contributed by atoms with Crippen LogP contribution in [0.25, 0.3) is 0 Å². The number of benzene rings is 1. The highest BCUT2D eigenvalue weighted by Crippen LogP contribution is 2.33. The van der Waals surface area contributed by atoms with E-state index in [1.54, 1.807) is 11.9 Å². The lowest BCUT2D eigenvalue weighted by Crippen LogP contribution is -2.38. The summed E-state index contributed by atoms with van der Waals surface area (Å²) in [6.07, 6.45) is 1.12. The number of aliphatic hydroxyl groups is 1. The molecule has 1 saturated carbocycles. The minimum atomic E-state index is -0.599. The van der Waals surface area contributed by atoms with Gasteiger partial charge in [0, 0.05) is 20.7 Å². The maximum absolute atomic E-state index is 12.3. The van der Waals surface area contributed by atoms with Gasteiger partial charge in [0.1, 0.15) is 0 Å². The lowest BCUT2D eigenvalue weighted by atomic mass is 10.1. The Kier molecular flexibility index (Phi) is 4.56. The molecule has 0 spiro atoms. The number of hydrogen-bond acceptors (Lipinski definition) is 3. The molecule has 1 aromatic rings. The van der Waals surface area contributed by atoms with Gasteiger partial charge in [-0.25, -0.2) is 0 Å². The molecule has 0 radical (unpaired) electrons. The number of amides is 1. The van der Waals surface area contributed by atoms with Crippen LogP contribution >= 0.6 is 0 Å². The van der Waals surface area contributed by atoms with Crippen LogP contribution in [-0.4, -0.2) is 42.7 Å². The summed E-state index contributed by atoms with van der Waals surface area (Å²) in [5.41, 5.74) is 0.836. The highest BCUT2D eigenvalue weighted by molar-refractivity contribution is 5.82. The molecule has 0 saturated heterocycles. The molecule has 0 bridgehead atoms. The Labute approximate surface area is 114 Å². The Morgan fingerprint density at radius 3 is 2.58 bits per heavy atom. The van der Waals surface area contributed by atoms with Crippen molar-refractivity contribution in [2.75, 3.05) is 20.7 Å². The van der Waals surface area contributed by atoms with Gasteiger partial charge < -0.3 is 14.7 Å². The van der Waals surface area contributed by atoms with Crippen molar-refractivity contribution in [3.05, 3.63) is 35.9 Å². The maximum Gasteiger partial charge on any atom is 0.256 e. The van der Waals surface area contributed by atoms with Gasteiger partial charge >= 0.3 is 0 Å². The van der Waals surface area contributed by atoms with Gasteiger partial charge in [-0.1, -0.05) is 30.3 Å². The van der Waals surface area contributed by atoms with E-state index >= 15 is 0 Å². The second-order valence-electron chi connectivity index (χ2n) is 5.15. The predicted molar refractivity (Wildman–Crippen MR) is 72.6 cm³/mol. The second-order valence-corrected chi connectivity index (χ2v) is 5.15. The van der Waals surface area contributed by atoms with Gasteiger partial charge in [-0.05, 0) is 24.3 Å². The topological polar surface area (TPSA) is 49.8 Å². The average Bonchev–Trinajstić information content (AvgIpc) is 3.25. The molecule has 2 atom stereocenters. The molecule has 1 fully saturated rings. The molecule has 0 aliphatic heterocycles. The van der Waals surface area contributed by atoms with Gasteiger partial charge in [0.15, 0.2) is 6.10 Å². The first-order chi connectivity index (χ1) is 9.13. The number of aliphatic hydroxyl groups excluding tert-OH is 1. The molecule has 1 aliphatic carbocycles. The predicted octanol–water partition coefficient (Wildman–Crippen LogP) is 1.60. The Morgan fingerprint density at radius 2 is 2.05 bits per heavy atom. The summed E-state index contributed by atoms with van der Waals surface area (Å²) < 4.78 is 5.30. The first kappa shape index (κ1) is 14.0. The van der Waals surface area contributed by atoms with Gasteiger partial charge in [-0.3, -0.25) is 4.79 Å². The molecule has 1 aliphatic rings. The van der Waals surface area contributed by atoms with Crippen LogP contribution in [0.15, 0.2) is 30.3 Å². The molecule has 19 heavy (non-hydrogen) atoms. The molecular weight excluding hydrogens is 242 g/mol. The zero-order valence-corrected chi connectivity index (χ0v) is 11.5. The lowest BCUT2D eigenvalue weighted by molar-refractivity contribution is -0.142. The zero-order chi connectivity index (χ0) is 13.8. The quantitative estimate of drug-likeness (QED) is 0.848. The second kappa shape index (κ2) is 6.17. The molecule has 4 nitrogen and oxygen atoms in total. The van der Waals surface area contributed by atoms with E-state index in [0.29, 0.717) is 12.5 Å². The van der Waals surface area contributed by atoms with Crippen molar-refractivity contribution in [1.82, 2.24) is 4.90 Å². The normalized spacial score (nSPS) is 17.8.